The van der Waals surface area contributed by atoms with Gasteiger partial charge >= 0.3 is 5.97 Å². The maximum Gasteiger partial charge on any atom is 0.329 e. The maximum atomic E-state index is 12.7. The lowest BCUT2D eigenvalue weighted by atomic mass is 10.0. The average molecular weight is 459 g/mol. The van der Waals surface area contributed by atoms with Crippen LogP contribution in [0.5, 0.6) is 0 Å². The Hall–Kier alpha value is -3.93. The first kappa shape index (κ1) is 24.7. The number of anilines is 1. The third kappa shape index (κ3) is 7.04. The monoisotopic (exact) mass is 458 g/mol. The second-order valence-corrected chi connectivity index (χ2v) is 8.54. The van der Waals surface area contributed by atoms with Crippen LogP contribution in [0.4, 0.5) is 5.69 Å². The normalized spacial score (nSPS) is 11.5. The highest BCUT2D eigenvalue weighted by Gasteiger charge is 2.27. The van der Waals surface area contributed by atoms with E-state index in [9.17, 15) is 14.4 Å². The highest BCUT2D eigenvalue weighted by atomic mass is 16.5. The molecule has 0 unspecified atom stereocenters. The number of aryl methyl sites for hydroxylation is 1. The molecule has 3 rings (SSSR count). The SMILES string of the molecule is Cc1cccc(C(=O)N[C@H](C(=O)OCC(=O)Nc2ccccc2Cc2ccccc2)C(C)C)c1. The second kappa shape index (κ2) is 11.8. The molecule has 2 amide bonds. The summed E-state index contributed by atoms with van der Waals surface area (Å²) >= 11 is 0. The van der Waals surface area contributed by atoms with Gasteiger partial charge in [-0.1, -0.05) is 80.1 Å². The number of carbonyl (C=O) groups is 3. The van der Waals surface area contributed by atoms with E-state index < -0.39 is 24.5 Å². The Morgan fingerprint density at radius 1 is 0.882 bits per heavy atom. The molecule has 3 aromatic rings. The van der Waals surface area contributed by atoms with Gasteiger partial charge in [0.05, 0.1) is 0 Å². The van der Waals surface area contributed by atoms with E-state index >= 15 is 0 Å². The molecule has 0 aliphatic rings. The van der Waals surface area contributed by atoms with Crippen LogP contribution in [0, 0.1) is 12.8 Å². The molecule has 34 heavy (non-hydrogen) atoms. The van der Waals surface area contributed by atoms with Crippen molar-refractivity contribution in [2.24, 2.45) is 5.92 Å². The molecule has 0 aromatic heterocycles. The third-order valence-electron chi connectivity index (χ3n) is 5.36. The second-order valence-electron chi connectivity index (χ2n) is 8.54. The number of carbonyl (C=O) groups excluding carboxylic acids is 3. The number of amides is 2. The Morgan fingerprint density at radius 2 is 1.59 bits per heavy atom. The molecule has 0 radical (unpaired) electrons. The Kier molecular flexibility index (Phi) is 8.57. The molecule has 0 saturated heterocycles. The van der Waals surface area contributed by atoms with Crippen LogP contribution in [0.15, 0.2) is 78.9 Å². The van der Waals surface area contributed by atoms with Gasteiger partial charge in [0, 0.05) is 11.3 Å². The number of ether oxygens (including phenoxy) is 1. The average Bonchev–Trinajstić information content (AvgIpc) is 2.82. The van der Waals surface area contributed by atoms with Crippen LogP contribution in [0.3, 0.4) is 0 Å². The fourth-order valence-corrected chi connectivity index (χ4v) is 3.53. The standard InChI is InChI=1S/C28H30N2O4/c1-19(2)26(30-27(32)23-14-9-10-20(3)16-23)28(33)34-18-25(31)29-24-15-8-7-13-22(24)17-21-11-5-4-6-12-21/h4-16,19,26H,17-18H2,1-3H3,(H,29,31)(H,30,32)/t26-/m0/s1. The third-order valence-corrected chi connectivity index (χ3v) is 5.36. The van der Waals surface area contributed by atoms with Gasteiger partial charge in [-0.3, -0.25) is 9.59 Å². The van der Waals surface area contributed by atoms with Gasteiger partial charge in [-0.25, -0.2) is 4.79 Å². The zero-order valence-corrected chi connectivity index (χ0v) is 19.7. The number of benzene rings is 3. The van der Waals surface area contributed by atoms with Crippen molar-refractivity contribution in [1.29, 1.82) is 0 Å². The summed E-state index contributed by atoms with van der Waals surface area (Å²) in [7, 11) is 0. The fourth-order valence-electron chi connectivity index (χ4n) is 3.53. The number of hydrogen-bond acceptors (Lipinski definition) is 4. The zero-order chi connectivity index (χ0) is 24.5. The molecule has 0 bridgehead atoms. The molecule has 6 heteroatoms. The first-order valence-electron chi connectivity index (χ1n) is 11.3. The van der Waals surface area contributed by atoms with Crippen LogP contribution >= 0.6 is 0 Å². The van der Waals surface area contributed by atoms with Crippen molar-refractivity contribution in [3.8, 4) is 0 Å². The van der Waals surface area contributed by atoms with Crippen LogP contribution in [0.25, 0.3) is 0 Å². The first-order valence-corrected chi connectivity index (χ1v) is 11.3. The summed E-state index contributed by atoms with van der Waals surface area (Å²) in [6.07, 6.45) is 0.664. The van der Waals surface area contributed by atoms with Gasteiger partial charge in [-0.05, 0) is 48.6 Å². The molecule has 0 aliphatic carbocycles. The summed E-state index contributed by atoms with van der Waals surface area (Å²) in [5.74, 6) is -1.67. The molecule has 0 saturated carbocycles. The highest BCUT2D eigenvalue weighted by Crippen LogP contribution is 2.19. The molecule has 0 fully saturated rings. The molecule has 0 spiro atoms. The Labute approximate surface area is 200 Å². The van der Waals surface area contributed by atoms with Gasteiger partial charge in [0.1, 0.15) is 6.04 Å². The molecule has 6 nitrogen and oxygen atoms in total. The van der Waals surface area contributed by atoms with Crippen LogP contribution in [0.2, 0.25) is 0 Å². The molecular weight excluding hydrogens is 428 g/mol. The van der Waals surface area contributed by atoms with Crippen molar-refractivity contribution in [3.05, 3.63) is 101 Å². The lowest BCUT2D eigenvalue weighted by Gasteiger charge is -2.21. The number of nitrogens with one attached hydrogen (secondary N) is 2. The van der Waals surface area contributed by atoms with Crippen molar-refractivity contribution in [2.75, 3.05) is 11.9 Å². The van der Waals surface area contributed by atoms with E-state index in [2.05, 4.69) is 10.6 Å². The molecule has 2 N–H and O–H groups in total. The van der Waals surface area contributed by atoms with E-state index in [1.165, 1.54) is 0 Å². The summed E-state index contributed by atoms with van der Waals surface area (Å²) < 4.78 is 5.25. The van der Waals surface area contributed by atoms with Gasteiger partial charge in [0.15, 0.2) is 6.61 Å². The largest absolute Gasteiger partial charge is 0.454 e. The van der Waals surface area contributed by atoms with E-state index in [-0.39, 0.29) is 11.8 Å². The van der Waals surface area contributed by atoms with Gasteiger partial charge in [0.25, 0.3) is 11.8 Å². The molecule has 176 valence electrons. The first-order chi connectivity index (χ1) is 16.3. The fraction of sp³-hybridized carbons (Fsp3) is 0.250. The van der Waals surface area contributed by atoms with E-state index in [1.807, 2.05) is 81.4 Å². The predicted molar refractivity (Wildman–Crippen MR) is 133 cm³/mol. The van der Waals surface area contributed by atoms with Crippen LogP contribution in [-0.4, -0.2) is 30.4 Å². The van der Waals surface area contributed by atoms with Crippen LogP contribution < -0.4 is 10.6 Å². The summed E-state index contributed by atoms with van der Waals surface area (Å²) in [6, 6.07) is 23.7. The minimum Gasteiger partial charge on any atom is -0.454 e. The van der Waals surface area contributed by atoms with Gasteiger partial charge < -0.3 is 15.4 Å². The van der Waals surface area contributed by atoms with Crippen molar-refractivity contribution >= 4 is 23.5 Å². The van der Waals surface area contributed by atoms with Crippen molar-refractivity contribution < 1.29 is 19.1 Å². The van der Waals surface area contributed by atoms with Gasteiger partial charge in [-0.15, -0.1) is 0 Å². The number of rotatable bonds is 9. The summed E-state index contributed by atoms with van der Waals surface area (Å²) in [6.45, 7) is 5.06. The predicted octanol–water partition coefficient (Wildman–Crippen LogP) is 4.52. The lowest BCUT2D eigenvalue weighted by molar-refractivity contribution is -0.150. The molecule has 1 atom stereocenters. The Morgan fingerprint density at radius 3 is 2.29 bits per heavy atom. The molecule has 0 heterocycles. The van der Waals surface area contributed by atoms with Gasteiger partial charge in [-0.2, -0.15) is 0 Å². The number of esters is 1. The van der Waals surface area contributed by atoms with Crippen molar-refractivity contribution in [1.82, 2.24) is 5.32 Å². The maximum absolute atomic E-state index is 12.7. The van der Waals surface area contributed by atoms with Crippen molar-refractivity contribution in [3.63, 3.8) is 0 Å². The minimum absolute atomic E-state index is 0.212. The van der Waals surface area contributed by atoms with Gasteiger partial charge in [0.2, 0.25) is 0 Å². The number of hydrogen-bond donors (Lipinski definition) is 2. The topological polar surface area (TPSA) is 84.5 Å². The van der Waals surface area contributed by atoms with E-state index in [0.717, 1.165) is 16.7 Å². The van der Waals surface area contributed by atoms with E-state index in [0.29, 0.717) is 17.7 Å². The van der Waals surface area contributed by atoms with Crippen LogP contribution in [0.1, 0.15) is 40.9 Å². The minimum atomic E-state index is -0.869. The van der Waals surface area contributed by atoms with Crippen molar-refractivity contribution in [2.45, 2.75) is 33.2 Å². The Bertz CT molecular complexity index is 1140. The quantitative estimate of drug-likeness (QED) is 0.462. The van der Waals surface area contributed by atoms with E-state index in [1.54, 1.807) is 18.2 Å². The summed E-state index contributed by atoms with van der Waals surface area (Å²) in [5.41, 5.74) is 4.16. The molecular formula is C28H30N2O4. The van der Waals surface area contributed by atoms with Crippen LogP contribution in [-0.2, 0) is 20.7 Å². The smallest absolute Gasteiger partial charge is 0.329 e. The Balaban J connectivity index is 1.58. The van der Waals surface area contributed by atoms with E-state index in [4.69, 9.17) is 4.74 Å². The summed E-state index contributed by atoms with van der Waals surface area (Å²) in [5, 5.41) is 5.55. The highest BCUT2D eigenvalue weighted by molar-refractivity contribution is 5.98. The zero-order valence-electron chi connectivity index (χ0n) is 19.7. The lowest BCUT2D eigenvalue weighted by Crippen LogP contribution is -2.46. The molecule has 0 aliphatic heterocycles. The number of para-hydroxylation sites is 1. The summed E-state index contributed by atoms with van der Waals surface area (Å²) in [4.78, 5) is 37.8. The molecule has 3 aromatic carbocycles.